The molecule has 0 aliphatic carbocycles. The lowest BCUT2D eigenvalue weighted by atomic mass is 9.96. The zero-order valence-electron chi connectivity index (χ0n) is 12.7. The Morgan fingerprint density at radius 2 is 1.75 bits per heavy atom. The molecule has 1 saturated heterocycles. The summed E-state index contributed by atoms with van der Waals surface area (Å²) in [6, 6.07) is 11.4. The standard InChI is InChI=1S/C17H19NO6/c19-8-12-14(20)15(21)13(17(23)24-12)18-16(22)11-7-3-5-9-4-1-2-6-10(9)11/h1-7,12-15,17,19-21,23H,8H2,(H,18,22)/t12-,13+,14-,15-,17+/m1/s1. The number of hydrogen-bond donors (Lipinski definition) is 5. The number of carbonyl (C=O) groups is 1. The van der Waals surface area contributed by atoms with Crippen molar-refractivity contribution in [3.8, 4) is 0 Å². The number of hydrogen-bond acceptors (Lipinski definition) is 6. The van der Waals surface area contributed by atoms with Gasteiger partial charge in [-0.3, -0.25) is 4.79 Å². The molecule has 128 valence electrons. The van der Waals surface area contributed by atoms with E-state index in [1.54, 1.807) is 18.2 Å². The lowest BCUT2D eigenvalue weighted by Gasteiger charge is -2.40. The SMILES string of the molecule is O=C(N[C@H]1[C@@H](O)[C@H](O)[C@@H](CO)O[C@@H]1O)c1cccc2ccccc12. The van der Waals surface area contributed by atoms with Crippen molar-refractivity contribution in [1.29, 1.82) is 0 Å². The highest BCUT2D eigenvalue weighted by atomic mass is 16.6. The second-order valence-electron chi connectivity index (χ2n) is 5.75. The fraction of sp³-hybridized carbons (Fsp3) is 0.353. The summed E-state index contributed by atoms with van der Waals surface area (Å²) >= 11 is 0. The van der Waals surface area contributed by atoms with Crippen LogP contribution in [0.25, 0.3) is 10.8 Å². The van der Waals surface area contributed by atoms with E-state index in [0.717, 1.165) is 10.8 Å². The molecule has 1 heterocycles. The van der Waals surface area contributed by atoms with E-state index in [-0.39, 0.29) is 0 Å². The van der Waals surface area contributed by atoms with Crippen LogP contribution in [0.2, 0.25) is 0 Å². The van der Waals surface area contributed by atoms with Crippen LogP contribution in [-0.4, -0.2) is 63.6 Å². The number of ether oxygens (including phenoxy) is 1. The van der Waals surface area contributed by atoms with Gasteiger partial charge in [0.15, 0.2) is 6.29 Å². The van der Waals surface area contributed by atoms with Crippen LogP contribution < -0.4 is 5.32 Å². The highest BCUT2D eigenvalue weighted by Gasteiger charge is 2.44. The number of aliphatic hydroxyl groups excluding tert-OH is 4. The number of fused-ring (bicyclic) bond motifs is 1. The molecule has 0 saturated carbocycles. The number of amides is 1. The minimum absolute atomic E-state index is 0.381. The predicted octanol–water partition coefficient (Wildman–Crippen LogP) is -0.630. The second-order valence-corrected chi connectivity index (χ2v) is 5.75. The van der Waals surface area contributed by atoms with Crippen molar-refractivity contribution < 1.29 is 30.0 Å². The smallest absolute Gasteiger partial charge is 0.252 e. The first-order valence-electron chi connectivity index (χ1n) is 7.62. The van der Waals surface area contributed by atoms with Crippen molar-refractivity contribution in [3.05, 3.63) is 48.0 Å². The molecule has 2 aromatic carbocycles. The van der Waals surface area contributed by atoms with Crippen molar-refractivity contribution in [2.24, 2.45) is 0 Å². The molecule has 0 aromatic heterocycles. The second kappa shape index (κ2) is 6.84. The Hall–Kier alpha value is -2.03. The summed E-state index contributed by atoms with van der Waals surface area (Å²) in [6.45, 7) is -0.556. The van der Waals surface area contributed by atoms with Crippen molar-refractivity contribution >= 4 is 16.7 Å². The summed E-state index contributed by atoms with van der Waals surface area (Å²) in [6.07, 6.45) is -5.54. The first-order chi connectivity index (χ1) is 11.5. The van der Waals surface area contributed by atoms with Crippen LogP contribution in [0.5, 0.6) is 0 Å². The van der Waals surface area contributed by atoms with Crippen molar-refractivity contribution in [3.63, 3.8) is 0 Å². The number of nitrogens with one attached hydrogen (secondary N) is 1. The molecular formula is C17H19NO6. The first-order valence-corrected chi connectivity index (χ1v) is 7.62. The van der Waals surface area contributed by atoms with Gasteiger partial charge in [0.25, 0.3) is 5.91 Å². The number of aliphatic hydroxyl groups is 4. The minimum atomic E-state index is -1.54. The third-order valence-electron chi connectivity index (χ3n) is 4.23. The van der Waals surface area contributed by atoms with E-state index in [9.17, 15) is 20.1 Å². The highest BCUT2D eigenvalue weighted by Crippen LogP contribution is 2.22. The zero-order valence-corrected chi connectivity index (χ0v) is 12.7. The van der Waals surface area contributed by atoms with Crippen LogP contribution in [0, 0.1) is 0 Å². The van der Waals surface area contributed by atoms with Gasteiger partial charge in [-0.25, -0.2) is 0 Å². The number of benzene rings is 2. The summed E-state index contributed by atoms with van der Waals surface area (Å²) in [5, 5.41) is 43.1. The van der Waals surface area contributed by atoms with Gasteiger partial charge in [0.05, 0.1) is 6.61 Å². The highest BCUT2D eigenvalue weighted by molar-refractivity contribution is 6.07. The molecule has 5 N–H and O–H groups in total. The first kappa shape index (κ1) is 16.8. The molecule has 0 spiro atoms. The fourth-order valence-corrected chi connectivity index (χ4v) is 2.91. The zero-order chi connectivity index (χ0) is 17.3. The predicted molar refractivity (Wildman–Crippen MR) is 85.2 cm³/mol. The van der Waals surface area contributed by atoms with Crippen LogP contribution in [0.4, 0.5) is 0 Å². The van der Waals surface area contributed by atoms with Crippen LogP contribution in [-0.2, 0) is 4.74 Å². The third-order valence-corrected chi connectivity index (χ3v) is 4.23. The lowest BCUT2D eigenvalue weighted by molar-refractivity contribution is -0.252. The van der Waals surface area contributed by atoms with Crippen LogP contribution in [0.1, 0.15) is 10.4 Å². The maximum Gasteiger partial charge on any atom is 0.252 e. The Kier molecular flexibility index (Phi) is 4.79. The minimum Gasteiger partial charge on any atom is -0.394 e. The van der Waals surface area contributed by atoms with Gasteiger partial charge in [0.2, 0.25) is 0 Å². The summed E-state index contributed by atoms with van der Waals surface area (Å²) in [5.41, 5.74) is 0.381. The van der Waals surface area contributed by atoms with Crippen molar-refractivity contribution in [2.45, 2.75) is 30.6 Å². The van der Waals surface area contributed by atoms with E-state index in [1.807, 2.05) is 24.3 Å². The Morgan fingerprint density at radius 3 is 2.50 bits per heavy atom. The molecule has 1 fully saturated rings. The molecule has 1 aliphatic rings. The van der Waals surface area contributed by atoms with E-state index >= 15 is 0 Å². The van der Waals surface area contributed by atoms with Gasteiger partial charge in [-0.05, 0) is 16.8 Å². The largest absolute Gasteiger partial charge is 0.394 e. The number of carbonyl (C=O) groups excluding carboxylic acids is 1. The third kappa shape index (κ3) is 3.00. The summed E-state index contributed by atoms with van der Waals surface area (Å²) in [4.78, 5) is 12.6. The van der Waals surface area contributed by atoms with Crippen LogP contribution in [0.3, 0.4) is 0 Å². The van der Waals surface area contributed by atoms with Gasteiger partial charge in [0, 0.05) is 5.56 Å². The Labute approximate surface area is 138 Å². The summed E-state index contributed by atoms with van der Waals surface area (Å²) in [7, 11) is 0. The Bertz CT molecular complexity index is 731. The molecular weight excluding hydrogens is 314 g/mol. The molecule has 2 aromatic rings. The van der Waals surface area contributed by atoms with Gasteiger partial charge in [0.1, 0.15) is 24.4 Å². The van der Waals surface area contributed by atoms with Gasteiger partial charge >= 0.3 is 0 Å². The quantitative estimate of drug-likeness (QED) is 0.510. The summed E-state index contributed by atoms with van der Waals surface area (Å²) in [5.74, 6) is -0.506. The molecule has 1 amide bonds. The van der Waals surface area contributed by atoms with Crippen molar-refractivity contribution in [2.75, 3.05) is 6.61 Å². The fourth-order valence-electron chi connectivity index (χ4n) is 2.91. The maximum absolute atomic E-state index is 12.6. The lowest BCUT2D eigenvalue weighted by Crippen LogP contribution is -2.64. The molecule has 1 aliphatic heterocycles. The van der Waals surface area contributed by atoms with Gasteiger partial charge in [-0.2, -0.15) is 0 Å². The van der Waals surface area contributed by atoms with Crippen LogP contribution >= 0.6 is 0 Å². The molecule has 0 bridgehead atoms. The molecule has 5 atom stereocenters. The topological polar surface area (TPSA) is 119 Å². The van der Waals surface area contributed by atoms with E-state index in [0.29, 0.717) is 5.56 Å². The molecule has 3 rings (SSSR count). The average molecular weight is 333 g/mol. The molecule has 7 heteroatoms. The maximum atomic E-state index is 12.6. The van der Waals surface area contributed by atoms with Gasteiger partial charge in [-0.1, -0.05) is 36.4 Å². The van der Waals surface area contributed by atoms with Crippen molar-refractivity contribution in [1.82, 2.24) is 5.32 Å². The molecule has 0 radical (unpaired) electrons. The monoisotopic (exact) mass is 333 g/mol. The molecule has 7 nitrogen and oxygen atoms in total. The van der Waals surface area contributed by atoms with Gasteiger partial charge < -0.3 is 30.5 Å². The average Bonchev–Trinajstić information content (AvgIpc) is 2.61. The van der Waals surface area contributed by atoms with E-state index in [4.69, 9.17) is 9.84 Å². The Morgan fingerprint density at radius 1 is 1.04 bits per heavy atom. The number of rotatable bonds is 3. The molecule has 24 heavy (non-hydrogen) atoms. The Balaban J connectivity index is 1.83. The van der Waals surface area contributed by atoms with E-state index in [2.05, 4.69) is 5.32 Å². The van der Waals surface area contributed by atoms with E-state index < -0.39 is 43.2 Å². The molecule has 0 unspecified atom stereocenters. The normalized spacial score (nSPS) is 30.2. The summed E-state index contributed by atoms with van der Waals surface area (Å²) < 4.78 is 5.04. The van der Waals surface area contributed by atoms with Crippen LogP contribution in [0.15, 0.2) is 42.5 Å². The van der Waals surface area contributed by atoms with E-state index in [1.165, 1.54) is 0 Å². The van der Waals surface area contributed by atoms with Gasteiger partial charge in [-0.15, -0.1) is 0 Å².